The van der Waals surface area contributed by atoms with Gasteiger partial charge in [0.25, 0.3) is 5.91 Å². The van der Waals surface area contributed by atoms with E-state index in [1.54, 1.807) is 10.9 Å². The van der Waals surface area contributed by atoms with Crippen LogP contribution in [0.5, 0.6) is 0 Å². The topological polar surface area (TPSA) is 93.2 Å². The minimum Gasteiger partial charge on any atom is -0.369 e. The molecule has 30 heavy (non-hydrogen) atoms. The number of piperidine rings is 1. The minimum absolute atomic E-state index is 0.0562. The molecule has 1 saturated heterocycles. The number of rotatable bonds is 8. The molecule has 8 heteroatoms. The third-order valence-corrected chi connectivity index (χ3v) is 5.73. The first-order valence-electron chi connectivity index (χ1n) is 10.5. The number of amides is 2. The summed E-state index contributed by atoms with van der Waals surface area (Å²) in [6.07, 6.45) is 4.29. The van der Waals surface area contributed by atoms with E-state index in [2.05, 4.69) is 15.3 Å². The van der Waals surface area contributed by atoms with Gasteiger partial charge >= 0.3 is 0 Å². The van der Waals surface area contributed by atoms with Crippen molar-refractivity contribution in [3.05, 3.63) is 46.7 Å². The van der Waals surface area contributed by atoms with Crippen molar-refractivity contribution >= 4 is 23.4 Å². The van der Waals surface area contributed by atoms with Crippen LogP contribution in [0.1, 0.15) is 55.1 Å². The number of nitrogens with one attached hydrogen (secondary N) is 1. The average molecular weight is 432 g/mol. The van der Waals surface area contributed by atoms with Crippen molar-refractivity contribution < 1.29 is 9.59 Å². The van der Waals surface area contributed by atoms with Gasteiger partial charge < -0.3 is 16.0 Å². The van der Waals surface area contributed by atoms with Crippen LogP contribution in [-0.4, -0.2) is 52.7 Å². The van der Waals surface area contributed by atoms with Crippen molar-refractivity contribution in [2.45, 2.75) is 39.0 Å². The van der Waals surface area contributed by atoms with Crippen LogP contribution in [0.25, 0.3) is 5.69 Å². The van der Waals surface area contributed by atoms with E-state index >= 15 is 0 Å². The quantitative estimate of drug-likeness (QED) is 0.628. The lowest BCUT2D eigenvalue weighted by atomic mass is 9.97. The Hall–Kier alpha value is -2.38. The summed E-state index contributed by atoms with van der Waals surface area (Å²) in [6, 6.07) is 7.43. The first-order chi connectivity index (χ1) is 14.4. The van der Waals surface area contributed by atoms with Gasteiger partial charge in [-0.2, -0.15) is 5.10 Å². The Morgan fingerprint density at radius 3 is 2.87 bits per heavy atom. The molecule has 7 nitrogen and oxygen atoms in total. The highest BCUT2D eigenvalue weighted by molar-refractivity contribution is 6.30. The van der Waals surface area contributed by atoms with Crippen LogP contribution < -0.4 is 11.1 Å². The third kappa shape index (κ3) is 5.40. The molecule has 1 aromatic carbocycles. The van der Waals surface area contributed by atoms with Gasteiger partial charge in [-0.1, -0.05) is 31.5 Å². The van der Waals surface area contributed by atoms with Crippen LogP contribution in [0.2, 0.25) is 5.02 Å². The second-order valence-electron chi connectivity index (χ2n) is 8.14. The summed E-state index contributed by atoms with van der Waals surface area (Å²) in [5, 5.41) is 8.07. The maximum Gasteiger partial charge on any atom is 0.254 e. The summed E-state index contributed by atoms with van der Waals surface area (Å²) in [4.78, 5) is 26.5. The molecule has 0 saturated carbocycles. The largest absolute Gasteiger partial charge is 0.369 e. The van der Waals surface area contributed by atoms with E-state index in [0.717, 1.165) is 43.7 Å². The molecule has 0 radical (unpaired) electrons. The van der Waals surface area contributed by atoms with Gasteiger partial charge in [0.15, 0.2) is 0 Å². The molecule has 1 aliphatic heterocycles. The first kappa shape index (κ1) is 22.3. The SMILES string of the molecule is CC(C)c1c(C(=O)NCCCN2CCCC(C(N)=O)C2)cnn1-c1cccc(Cl)c1. The standard InChI is InChI=1S/C22H30ClN5O2/c1-15(2)20-19(13-26-28(20)18-8-3-7-17(23)12-18)22(30)25-9-5-11-27-10-4-6-16(14-27)21(24)29/h3,7-8,12-13,15-16H,4-6,9-11,14H2,1-2H3,(H2,24,29)(H,25,30). The summed E-state index contributed by atoms with van der Waals surface area (Å²) in [6.45, 7) is 7.18. The van der Waals surface area contributed by atoms with E-state index in [9.17, 15) is 9.59 Å². The molecule has 3 N–H and O–H groups in total. The number of nitrogens with zero attached hydrogens (tertiary/aromatic N) is 3. The molecule has 1 aromatic heterocycles. The van der Waals surface area contributed by atoms with Crippen LogP contribution in [-0.2, 0) is 4.79 Å². The fourth-order valence-electron chi connectivity index (χ4n) is 3.99. The van der Waals surface area contributed by atoms with Gasteiger partial charge in [0.05, 0.1) is 29.1 Å². The molecule has 1 unspecified atom stereocenters. The molecule has 0 spiro atoms. The van der Waals surface area contributed by atoms with Gasteiger partial charge in [-0.05, 0) is 56.5 Å². The number of primary amides is 1. The van der Waals surface area contributed by atoms with Crippen LogP contribution in [0.4, 0.5) is 0 Å². The van der Waals surface area contributed by atoms with E-state index in [0.29, 0.717) is 23.7 Å². The number of aromatic nitrogens is 2. The van der Waals surface area contributed by atoms with Crippen LogP contribution in [0.15, 0.2) is 30.5 Å². The molecule has 1 aliphatic rings. The van der Waals surface area contributed by atoms with Gasteiger partial charge in [-0.15, -0.1) is 0 Å². The van der Waals surface area contributed by atoms with Gasteiger partial charge in [0.1, 0.15) is 0 Å². The molecule has 2 aromatic rings. The molecule has 1 atom stereocenters. The van der Waals surface area contributed by atoms with E-state index in [-0.39, 0.29) is 23.7 Å². The molecule has 0 bridgehead atoms. The van der Waals surface area contributed by atoms with Gasteiger partial charge in [0.2, 0.25) is 5.91 Å². The number of likely N-dealkylation sites (tertiary alicyclic amines) is 1. The van der Waals surface area contributed by atoms with Gasteiger partial charge in [0, 0.05) is 18.1 Å². The number of hydrogen-bond acceptors (Lipinski definition) is 4. The summed E-state index contributed by atoms with van der Waals surface area (Å²) < 4.78 is 1.78. The Morgan fingerprint density at radius 2 is 2.17 bits per heavy atom. The minimum atomic E-state index is -0.217. The van der Waals surface area contributed by atoms with Gasteiger partial charge in [-0.25, -0.2) is 4.68 Å². The zero-order valence-corrected chi connectivity index (χ0v) is 18.4. The Balaban J connectivity index is 1.58. The predicted octanol–water partition coefficient (Wildman–Crippen LogP) is 2.97. The normalized spacial score (nSPS) is 17.3. The highest BCUT2D eigenvalue weighted by Crippen LogP contribution is 2.24. The number of carbonyl (C=O) groups excluding carboxylic acids is 2. The Labute approximate surface area is 182 Å². The van der Waals surface area contributed by atoms with E-state index in [4.69, 9.17) is 17.3 Å². The molecular formula is C22H30ClN5O2. The third-order valence-electron chi connectivity index (χ3n) is 5.50. The van der Waals surface area contributed by atoms with Crippen LogP contribution in [0, 0.1) is 5.92 Å². The highest BCUT2D eigenvalue weighted by Gasteiger charge is 2.24. The van der Waals surface area contributed by atoms with Crippen molar-refractivity contribution in [2.75, 3.05) is 26.2 Å². The monoisotopic (exact) mass is 431 g/mol. The zero-order chi connectivity index (χ0) is 21.7. The number of benzene rings is 1. The number of carbonyl (C=O) groups is 2. The van der Waals surface area contributed by atoms with E-state index in [1.807, 2.05) is 38.1 Å². The maximum absolute atomic E-state index is 12.8. The maximum atomic E-state index is 12.8. The number of halogens is 1. The second kappa shape index (κ2) is 10.1. The van der Waals surface area contributed by atoms with Gasteiger partial charge in [-0.3, -0.25) is 9.59 Å². The van der Waals surface area contributed by atoms with Crippen LogP contribution >= 0.6 is 11.6 Å². The Morgan fingerprint density at radius 1 is 1.37 bits per heavy atom. The summed E-state index contributed by atoms with van der Waals surface area (Å²) >= 11 is 6.12. The fraction of sp³-hybridized carbons (Fsp3) is 0.500. The lowest BCUT2D eigenvalue weighted by molar-refractivity contribution is -0.123. The zero-order valence-electron chi connectivity index (χ0n) is 17.6. The summed E-state index contributed by atoms with van der Waals surface area (Å²) in [7, 11) is 0. The number of nitrogens with two attached hydrogens (primary N) is 1. The average Bonchev–Trinajstić information content (AvgIpc) is 3.17. The van der Waals surface area contributed by atoms with Crippen LogP contribution in [0.3, 0.4) is 0 Å². The molecule has 1 fully saturated rings. The molecule has 162 valence electrons. The number of hydrogen-bond donors (Lipinski definition) is 2. The van der Waals surface area contributed by atoms with E-state index < -0.39 is 0 Å². The second-order valence-corrected chi connectivity index (χ2v) is 8.58. The van der Waals surface area contributed by atoms with Crippen molar-refractivity contribution in [1.82, 2.24) is 20.0 Å². The Bertz CT molecular complexity index is 895. The lowest BCUT2D eigenvalue weighted by Crippen LogP contribution is -2.42. The highest BCUT2D eigenvalue weighted by atomic mass is 35.5. The first-order valence-corrected chi connectivity index (χ1v) is 10.9. The van der Waals surface area contributed by atoms with Crippen molar-refractivity contribution in [3.8, 4) is 5.69 Å². The lowest BCUT2D eigenvalue weighted by Gasteiger charge is -2.31. The molecule has 2 amide bonds. The molecule has 2 heterocycles. The Kier molecular flexibility index (Phi) is 7.50. The van der Waals surface area contributed by atoms with Crippen molar-refractivity contribution in [1.29, 1.82) is 0 Å². The molecule has 3 rings (SSSR count). The van der Waals surface area contributed by atoms with E-state index in [1.165, 1.54) is 0 Å². The smallest absolute Gasteiger partial charge is 0.254 e. The summed E-state index contributed by atoms with van der Waals surface area (Å²) in [5.41, 5.74) is 7.71. The van der Waals surface area contributed by atoms with Crippen molar-refractivity contribution in [3.63, 3.8) is 0 Å². The van der Waals surface area contributed by atoms with Crippen molar-refractivity contribution in [2.24, 2.45) is 11.7 Å². The fourth-order valence-corrected chi connectivity index (χ4v) is 4.18. The molecular weight excluding hydrogens is 402 g/mol. The molecule has 0 aliphatic carbocycles. The summed E-state index contributed by atoms with van der Waals surface area (Å²) in [5.74, 6) is -0.280. The predicted molar refractivity (Wildman–Crippen MR) is 118 cm³/mol.